The van der Waals surface area contributed by atoms with Crippen LogP contribution in [0.1, 0.15) is 37.4 Å². The van der Waals surface area contributed by atoms with Crippen LogP contribution in [0.15, 0.2) is 48.5 Å². The lowest BCUT2D eigenvalue weighted by Crippen LogP contribution is -2.37. The Kier molecular flexibility index (Phi) is 6.59. The summed E-state index contributed by atoms with van der Waals surface area (Å²) >= 11 is 6.11. The van der Waals surface area contributed by atoms with E-state index in [0.717, 1.165) is 11.1 Å². The fourth-order valence-corrected chi connectivity index (χ4v) is 2.60. The van der Waals surface area contributed by atoms with Crippen molar-refractivity contribution in [1.29, 1.82) is 0 Å². The van der Waals surface area contributed by atoms with E-state index in [0.29, 0.717) is 17.1 Å². The number of halogens is 1. The third kappa shape index (κ3) is 5.61. The third-order valence-electron chi connectivity index (χ3n) is 3.73. The van der Waals surface area contributed by atoms with E-state index < -0.39 is 6.04 Å². The Balaban J connectivity index is 2.20. The highest BCUT2D eigenvalue weighted by atomic mass is 35.5. The molecule has 2 aromatic carbocycles. The second-order valence-electron chi connectivity index (χ2n) is 6.46. The first kappa shape index (κ1) is 19.0. The number of hydrogen-bond donors (Lipinski definition) is 2. The SMILES string of the molecule is Cc1ccc(NC(=O)C(NC(=O)CC(C)C)c2ccccc2)cc1Cl. The van der Waals surface area contributed by atoms with E-state index in [-0.39, 0.29) is 17.7 Å². The number of aryl methyl sites for hydroxylation is 1. The van der Waals surface area contributed by atoms with Crippen LogP contribution in [0.25, 0.3) is 0 Å². The summed E-state index contributed by atoms with van der Waals surface area (Å²) in [5.41, 5.74) is 2.26. The van der Waals surface area contributed by atoms with E-state index in [1.807, 2.05) is 57.2 Å². The van der Waals surface area contributed by atoms with E-state index in [1.165, 1.54) is 0 Å². The minimum atomic E-state index is -0.757. The lowest BCUT2D eigenvalue weighted by Gasteiger charge is -2.20. The van der Waals surface area contributed by atoms with E-state index in [2.05, 4.69) is 10.6 Å². The number of rotatable bonds is 6. The zero-order valence-corrected chi connectivity index (χ0v) is 15.4. The van der Waals surface area contributed by atoms with Crippen LogP contribution in [0.2, 0.25) is 5.02 Å². The van der Waals surface area contributed by atoms with Crippen molar-refractivity contribution < 1.29 is 9.59 Å². The Bertz CT molecular complexity index is 745. The number of benzene rings is 2. The Hall–Kier alpha value is -2.33. The summed E-state index contributed by atoms with van der Waals surface area (Å²) in [5.74, 6) is -0.237. The molecular weight excluding hydrogens is 336 g/mol. The van der Waals surface area contributed by atoms with E-state index in [1.54, 1.807) is 12.1 Å². The first-order valence-electron chi connectivity index (χ1n) is 8.28. The van der Waals surface area contributed by atoms with Crippen molar-refractivity contribution in [2.45, 2.75) is 33.2 Å². The molecule has 2 N–H and O–H groups in total. The molecule has 1 unspecified atom stereocenters. The zero-order chi connectivity index (χ0) is 18.4. The van der Waals surface area contributed by atoms with Gasteiger partial charge < -0.3 is 10.6 Å². The standard InChI is InChI=1S/C20H23ClN2O2/c1-13(2)11-18(24)23-19(15-7-5-4-6-8-15)20(25)22-16-10-9-14(3)17(21)12-16/h4-10,12-13,19H,11H2,1-3H3,(H,22,25)(H,23,24). The van der Waals surface area contributed by atoms with Crippen LogP contribution in [0.3, 0.4) is 0 Å². The summed E-state index contributed by atoms with van der Waals surface area (Å²) in [5, 5.41) is 6.24. The molecule has 4 nitrogen and oxygen atoms in total. The summed E-state index contributed by atoms with van der Waals surface area (Å²) < 4.78 is 0. The van der Waals surface area contributed by atoms with Crippen molar-refractivity contribution in [2.24, 2.45) is 5.92 Å². The van der Waals surface area contributed by atoms with Gasteiger partial charge in [0.25, 0.3) is 5.91 Å². The molecule has 0 saturated carbocycles. The van der Waals surface area contributed by atoms with E-state index in [9.17, 15) is 9.59 Å². The molecule has 0 bridgehead atoms. The van der Waals surface area contributed by atoms with Crippen LogP contribution in [0.5, 0.6) is 0 Å². The molecule has 0 saturated heterocycles. The summed E-state index contributed by atoms with van der Waals surface area (Å²) in [4.78, 5) is 24.9. The van der Waals surface area contributed by atoms with Gasteiger partial charge in [-0.25, -0.2) is 0 Å². The highest BCUT2D eigenvalue weighted by molar-refractivity contribution is 6.31. The molecule has 0 aromatic heterocycles. The zero-order valence-electron chi connectivity index (χ0n) is 14.7. The van der Waals surface area contributed by atoms with Crippen LogP contribution in [-0.4, -0.2) is 11.8 Å². The molecule has 0 fully saturated rings. The summed E-state index contributed by atoms with van der Waals surface area (Å²) in [7, 11) is 0. The average Bonchev–Trinajstić information content (AvgIpc) is 2.56. The molecule has 2 rings (SSSR count). The van der Waals surface area contributed by atoms with Gasteiger partial charge in [-0.2, -0.15) is 0 Å². The number of anilines is 1. The van der Waals surface area contributed by atoms with Gasteiger partial charge in [-0.3, -0.25) is 9.59 Å². The van der Waals surface area contributed by atoms with Gasteiger partial charge in [0.1, 0.15) is 6.04 Å². The van der Waals surface area contributed by atoms with Gasteiger partial charge in [-0.05, 0) is 36.1 Å². The Morgan fingerprint density at radius 3 is 2.36 bits per heavy atom. The van der Waals surface area contributed by atoms with Crippen molar-refractivity contribution >= 4 is 29.1 Å². The molecule has 0 aliphatic rings. The maximum atomic E-state index is 12.8. The molecule has 0 aliphatic heterocycles. The van der Waals surface area contributed by atoms with Crippen LogP contribution in [0.4, 0.5) is 5.69 Å². The van der Waals surface area contributed by atoms with Crippen molar-refractivity contribution in [3.05, 3.63) is 64.7 Å². The minimum Gasteiger partial charge on any atom is -0.341 e. The predicted octanol–water partition coefficient (Wildman–Crippen LogP) is 4.49. The van der Waals surface area contributed by atoms with Crippen molar-refractivity contribution in [3.8, 4) is 0 Å². The molecule has 0 radical (unpaired) electrons. The van der Waals surface area contributed by atoms with Crippen molar-refractivity contribution in [2.75, 3.05) is 5.32 Å². The lowest BCUT2D eigenvalue weighted by molar-refractivity contribution is -0.127. The van der Waals surface area contributed by atoms with Gasteiger partial charge in [-0.15, -0.1) is 0 Å². The molecule has 1 atom stereocenters. The van der Waals surface area contributed by atoms with Crippen molar-refractivity contribution in [3.63, 3.8) is 0 Å². The van der Waals surface area contributed by atoms with E-state index >= 15 is 0 Å². The summed E-state index contributed by atoms with van der Waals surface area (Å²) in [6.07, 6.45) is 0.368. The Morgan fingerprint density at radius 2 is 1.76 bits per heavy atom. The quantitative estimate of drug-likeness (QED) is 0.799. The monoisotopic (exact) mass is 358 g/mol. The Morgan fingerprint density at radius 1 is 1.08 bits per heavy atom. The molecule has 0 spiro atoms. The first-order chi connectivity index (χ1) is 11.9. The topological polar surface area (TPSA) is 58.2 Å². The van der Waals surface area contributed by atoms with Crippen LogP contribution >= 0.6 is 11.6 Å². The second-order valence-corrected chi connectivity index (χ2v) is 6.87. The highest BCUT2D eigenvalue weighted by Gasteiger charge is 2.23. The number of amides is 2. The van der Waals surface area contributed by atoms with Crippen LogP contribution < -0.4 is 10.6 Å². The molecule has 25 heavy (non-hydrogen) atoms. The van der Waals surface area contributed by atoms with Crippen LogP contribution in [-0.2, 0) is 9.59 Å². The largest absolute Gasteiger partial charge is 0.341 e. The Labute approximate surface area is 153 Å². The predicted molar refractivity (Wildman–Crippen MR) is 102 cm³/mol. The second kappa shape index (κ2) is 8.67. The first-order valence-corrected chi connectivity index (χ1v) is 8.66. The van der Waals surface area contributed by atoms with Gasteiger partial charge in [-0.1, -0.05) is 61.8 Å². The summed E-state index contributed by atoms with van der Waals surface area (Å²) in [6.45, 7) is 5.82. The fraction of sp³-hybridized carbons (Fsp3) is 0.300. The smallest absolute Gasteiger partial charge is 0.251 e. The normalized spacial score (nSPS) is 11.9. The molecule has 132 valence electrons. The van der Waals surface area contributed by atoms with Gasteiger partial charge in [0.2, 0.25) is 5.91 Å². The molecule has 2 amide bonds. The number of hydrogen-bond acceptors (Lipinski definition) is 2. The molecule has 0 heterocycles. The van der Waals surface area contributed by atoms with Gasteiger partial charge in [0.05, 0.1) is 0 Å². The van der Waals surface area contributed by atoms with Crippen LogP contribution in [0, 0.1) is 12.8 Å². The highest BCUT2D eigenvalue weighted by Crippen LogP contribution is 2.22. The fourth-order valence-electron chi connectivity index (χ4n) is 2.42. The minimum absolute atomic E-state index is 0.152. The van der Waals surface area contributed by atoms with Crippen molar-refractivity contribution in [1.82, 2.24) is 5.32 Å². The number of carbonyl (C=O) groups is 2. The third-order valence-corrected chi connectivity index (χ3v) is 4.14. The van der Waals surface area contributed by atoms with Gasteiger partial charge in [0, 0.05) is 17.1 Å². The van der Waals surface area contributed by atoms with E-state index in [4.69, 9.17) is 11.6 Å². The number of carbonyl (C=O) groups excluding carboxylic acids is 2. The number of nitrogens with one attached hydrogen (secondary N) is 2. The lowest BCUT2D eigenvalue weighted by atomic mass is 10.0. The molecular formula is C20H23ClN2O2. The molecule has 5 heteroatoms. The average molecular weight is 359 g/mol. The van der Waals surface area contributed by atoms with Gasteiger partial charge >= 0.3 is 0 Å². The molecule has 2 aromatic rings. The maximum absolute atomic E-state index is 12.8. The maximum Gasteiger partial charge on any atom is 0.251 e. The summed E-state index contributed by atoms with van der Waals surface area (Å²) in [6, 6.07) is 13.8. The molecule has 0 aliphatic carbocycles. The van der Waals surface area contributed by atoms with Gasteiger partial charge in [0.15, 0.2) is 0 Å².